The van der Waals surface area contributed by atoms with Crippen LogP contribution < -0.4 is 10.5 Å². The number of hydrogen-bond donors (Lipinski definition) is 1. The molecule has 21 heavy (non-hydrogen) atoms. The number of benzene rings is 1. The molecule has 1 radical (unpaired) electrons. The van der Waals surface area contributed by atoms with Crippen molar-refractivity contribution in [3.05, 3.63) is 47.2 Å². The average Bonchev–Trinajstić information content (AvgIpc) is 2.95. The van der Waals surface area contributed by atoms with Gasteiger partial charge in [-0.2, -0.15) is 0 Å². The van der Waals surface area contributed by atoms with Crippen LogP contribution in [0.5, 0.6) is 5.75 Å². The van der Waals surface area contributed by atoms with Gasteiger partial charge in [-0.05, 0) is 12.1 Å². The molecule has 0 aliphatic carbocycles. The fourth-order valence-electron chi connectivity index (χ4n) is 2.15. The first kappa shape index (κ1) is 13.4. The number of carbonyl (C=O) groups excluding carboxylic acids is 1. The summed E-state index contributed by atoms with van der Waals surface area (Å²) >= 11 is 6.21. The van der Waals surface area contributed by atoms with Gasteiger partial charge >= 0.3 is 0 Å². The van der Waals surface area contributed by atoms with Gasteiger partial charge in [-0.25, -0.2) is 9.50 Å². The van der Waals surface area contributed by atoms with Crippen molar-refractivity contribution in [2.45, 2.75) is 0 Å². The van der Waals surface area contributed by atoms with E-state index in [1.807, 2.05) is 18.2 Å². The molecule has 1 aromatic carbocycles. The zero-order chi connectivity index (χ0) is 15.0. The third-order valence-corrected chi connectivity index (χ3v) is 3.41. The van der Waals surface area contributed by atoms with Crippen molar-refractivity contribution < 1.29 is 9.53 Å². The lowest BCUT2D eigenvalue weighted by atomic mass is 10.1. The third kappa shape index (κ3) is 2.09. The summed E-state index contributed by atoms with van der Waals surface area (Å²) in [5.41, 5.74) is 7.26. The van der Waals surface area contributed by atoms with Gasteiger partial charge in [0.25, 0.3) is 5.91 Å². The number of carbonyl (C=O) groups is 1. The number of aromatic nitrogens is 3. The lowest BCUT2D eigenvalue weighted by Gasteiger charge is -2.12. The highest BCUT2D eigenvalue weighted by atomic mass is 35.5. The molecule has 0 bridgehead atoms. The second-order valence-corrected chi connectivity index (χ2v) is 4.68. The molecule has 105 valence electrons. The van der Waals surface area contributed by atoms with E-state index >= 15 is 0 Å². The number of methoxy groups -OCH3 is 1. The highest BCUT2D eigenvalue weighted by Crippen LogP contribution is 2.33. The molecular weight excluding hydrogens is 292 g/mol. The van der Waals surface area contributed by atoms with E-state index in [1.54, 1.807) is 12.1 Å². The van der Waals surface area contributed by atoms with Gasteiger partial charge < -0.3 is 10.5 Å². The maximum absolute atomic E-state index is 11.7. The van der Waals surface area contributed by atoms with Gasteiger partial charge in [-0.15, -0.1) is 5.10 Å². The maximum atomic E-state index is 11.7. The van der Waals surface area contributed by atoms with Crippen LogP contribution in [0, 0.1) is 6.33 Å². The van der Waals surface area contributed by atoms with E-state index in [9.17, 15) is 4.79 Å². The predicted octanol–water partition coefficient (Wildman–Crippen LogP) is 1.96. The van der Waals surface area contributed by atoms with E-state index in [1.165, 1.54) is 11.6 Å². The van der Waals surface area contributed by atoms with E-state index in [2.05, 4.69) is 16.4 Å². The summed E-state index contributed by atoms with van der Waals surface area (Å²) in [5.74, 6) is -0.363. The van der Waals surface area contributed by atoms with Crippen LogP contribution in [0.25, 0.3) is 16.9 Å². The standard InChI is InChI=1S/C14H10ClN4O2/c1-21-12-9(13(16)20)6-11(19-14(12)17-7-18-19)8-4-2-3-5-10(8)15/h2-6H,1H3,(H2,16,20). The molecule has 3 aromatic rings. The highest BCUT2D eigenvalue weighted by molar-refractivity contribution is 6.33. The lowest BCUT2D eigenvalue weighted by molar-refractivity contribution is 0.0997. The summed E-state index contributed by atoms with van der Waals surface area (Å²) in [6.07, 6.45) is 2.50. The molecule has 0 saturated carbocycles. The number of rotatable bonds is 3. The van der Waals surface area contributed by atoms with Crippen molar-refractivity contribution in [1.82, 2.24) is 14.6 Å². The number of pyridine rings is 1. The van der Waals surface area contributed by atoms with Crippen molar-refractivity contribution in [3.8, 4) is 17.0 Å². The van der Waals surface area contributed by atoms with Crippen molar-refractivity contribution in [3.63, 3.8) is 0 Å². The van der Waals surface area contributed by atoms with Gasteiger partial charge in [0.2, 0.25) is 6.33 Å². The Bertz CT molecular complexity index is 844. The Morgan fingerprint density at radius 3 is 2.86 bits per heavy atom. The fraction of sp³-hybridized carbons (Fsp3) is 0.0714. The number of ether oxygens (including phenoxy) is 1. The molecule has 7 heteroatoms. The molecule has 0 unspecified atom stereocenters. The Balaban J connectivity index is 2.41. The Kier molecular flexibility index (Phi) is 3.23. The largest absolute Gasteiger partial charge is 0.492 e. The van der Waals surface area contributed by atoms with Crippen molar-refractivity contribution in [2.75, 3.05) is 7.11 Å². The van der Waals surface area contributed by atoms with Gasteiger partial charge in [-0.1, -0.05) is 29.8 Å². The zero-order valence-electron chi connectivity index (χ0n) is 11.0. The molecule has 0 saturated heterocycles. The van der Waals surface area contributed by atoms with Crippen LogP contribution in [0.4, 0.5) is 0 Å². The second-order valence-electron chi connectivity index (χ2n) is 4.27. The minimum atomic E-state index is -0.620. The smallest absolute Gasteiger partial charge is 0.252 e. The first-order chi connectivity index (χ1) is 10.1. The molecule has 0 aliphatic rings. The Hall–Kier alpha value is -2.60. The zero-order valence-corrected chi connectivity index (χ0v) is 11.8. The van der Waals surface area contributed by atoms with Crippen molar-refractivity contribution in [2.24, 2.45) is 5.73 Å². The molecule has 0 atom stereocenters. The predicted molar refractivity (Wildman–Crippen MR) is 77.3 cm³/mol. The number of primary amides is 1. The van der Waals surface area contributed by atoms with Crippen LogP contribution in [0.1, 0.15) is 10.4 Å². The number of amides is 1. The molecule has 1 amide bonds. The number of nitrogens with two attached hydrogens (primary N) is 1. The van der Waals surface area contributed by atoms with Crippen molar-refractivity contribution >= 4 is 23.2 Å². The summed E-state index contributed by atoms with van der Waals surface area (Å²) in [6.45, 7) is 0. The number of halogens is 1. The van der Waals surface area contributed by atoms with E-state index < -0.39 is 5.91 Å². The lowest BCUT2D eigenvalue weighted by Crippen LogP contribution is -2.14. The highest BCUT2D eigenvalue weighted by Gasteiger charge is 2.20. The number of hydrogen-bond acceptors (Lipinski definition) is 4. The van der Waals surface area contributed by atoms with Crippen LogP contribution in [-0.4, -0.2) is 27.6 Å². The van der Waals surface area contributed by atoms with Gasteiger partial charge in [-0.3, -0.25) is 4.79 Å². The molecule has 0 fully saturated rings. The van der Waals surface area contributed by atoms with Crippen LogP contribution in [0.15, 0.2) is 30.3 Å². The average molecular weight is 302 g/mol. The van der Waals surface area contributed by atoms with Crippen LogP contribution in [-0.2, 0) is 0 Å². The Morgan fingerprint density at radius 2 is 2.19 bits per heavy atom. The van der Waals surface area contributed by atoms with E-state index in [0.29, 0.717) is 21.9 Å². The molecule has 6 nitrogen and oxygen atoms in total. The summed E-state index contributed by atoms with van der Waals surface area (Å²) in [7, 11) is 1.44. The summed E-state index contributed by atoms with van der Waals surface area (Å²) in [6, 6.07) is 8.79. The van der Waals surface area contributed by atoms with Crippen LogP contribution in [0.3, 0.4) is 0 Å². The molecule has 2 heterocycles. The SMILES string of the molecule is COc1c(C(N)=O)cc(-c2ccccc2Cl)n2n[c]nc12. The summed E-state index contributed by atoms with van der Waals surface area (Å²) in [4.78, 5) is 15.7. The summed E-state index contributed by atoms with van der Waals surface area (Å²) in [5, 5.41) is 4.56. The number of nitrogens with zero attached hydrogens (tertiary/aromatic N) is 3. The van der Waals surface area contributed by atoms with Crippen LogP contribution >= 0.6 is 11.6 Å². The van der Waals surface area contributed by atoms with E-state index in [4.69, 9.17) is 22.1 Å². The maximum Gasteiger partial charge on any atom is 0.252 e. The quantitative estimate of drug-likeness (QED) is 0.801. The minimum absolute atomic E-state index is 0.210. The Morgan fingerprint density at radius 1 is 1.43 bits per heavy atom. The molecule has 2 aromatic heterocycles. The van der Waals surface area contributed by atoms with E-state index in [-0.39, 0.29) is 11.3 Å². The fourth-order valence-corrected chi connectivity index (χ4v) is 2.39. The Labute approximate surface area is 125 Å². The van der Waals surface area contributed by atoms with E-state index in [0.717, 1.165) is 0 Å². The van der Waals surface area contributed by atoms with Crippen LogP contribution in [0.2, 0.25) is 5.02 Å². The van der Waals surface area contributed by atoms with Gasteiger partial charge in [0, 0.05) is 10.6 Å². The monoisotopic (exact) mass is 301 g/mol. The first-order valence-electron chi connectivity index (χ1n) is 6.02. The normalized spacial score (nSPS) is 10.8. The van der Waals surface area contributed by atoms with Gasteiger partial charge in [0.05, 0.1) is 18.4 Å². The minimum Gasteiger partial charge on any atom is -0.492 e. The molecule has 3 rings (SSSR count). The first-order valence-corrected chi connectivity index (χ1v) is 6.39. The van der Waals surface area contributed by atoms with Crippen molar-refractivity contribution in [1.29, 1.82) is 0 Å². The van der Waals surface area contributed by atoms with Gasteiger partial charge in [0.1, 0.15) is 0 Å². The number of fused-ring (bicyclic) bond motifs is 1. The topological polar surface area (TPSA) is 82.5 Å². The molecular formula is C14H10ClN4O2. The summed E-state index contributed by atoms with van der Waals surface area (Å²) < 4.78 is 6.73. The molecule has 2 N–H and O–H groups in total. The molecule has 0 spiro atoms. The van der Waals surface area contributed by atoms with Gasteiger partial charge in [0.15, 0.2) is 11.4 Å². The second kappa shape index (κ2) is 5.06. The third-order valence-electron chi connectivity index (χ3n) is 3.08. The molecule has 0 aliphatic heterocycles.